The highest BCUT2D eigenvalue weighted by Crippen LogP contribution is 2.39. The number of aryl methyl sites for hydroxylation is 2. The fourth-order valence-corrected chi connectivity index (χ4v) is 5.04. The van der Waals surface area contributed by atoms with Gasteiger partial charge in [0.25, 0.3) is 0 Å². The second kappa shape index (κ2) is 6.34. The molecule has 0 saturated carbocycles. The van der Waals surface area contributed by atoms with Crippen molar-refractivity contribution in [1.82, 2.24) is 9.78 Å². The molecule has 28 heavy (non-hydrogen) atoms. The minimum atomic E-state index is -1.86. The molecule has 0 atom stereocenters. The second-order valence-electron chi connectivity index (χ2n) is 8.58. The fraction of sp³-hybridized carbons (Fsp3) is 0.500. The van der Waals surface area contributed by atoms with E-state index in [0.29, 0.717) is 23.9 Å². The van der Waals surface area contributed by atoms with E-state index in [9.17, 15) is 9.00 Å². The Hall–Kier alpha value is -2.35. The molecule has 1 N–H and O–H groups in total. The van der Waals surface area contributed by atoms with Crippen LogP contribution in [0.15, 0.2) is 21.5 Å². The van der Waals surface area contributed by atoms with E-state index in [1.165, 1.54) is 28.5 Å². The van der Waals surface area contributed by atoms with E-state index in [-0.39, 0.29) is 5.41 Å². The van der Waals surface area contributed by atoms with Crippen molar-refractivity contribution in [2.45, 2.75) is 57.4 Å². The van der Waals surface area contributed by atoms with Gasteiger partial charge >= 0.3 is 6.03 Å². The van der Waals surface area contributed by atoms with E-state index in [0.717, 1.165) is 37.8 Å². The first-order chi connectivity index (χ1) is 13.4. The summed E-state index contributed by atoms with van der Waals surface area (Å²) in [5.41, 5.74) is 5.94. The van der Waals surface area contributed by atoms with Crippen LogP contribution < -0.4 is 10.1 Å². The van der Waals surface area contributed by atoms with Crippen molar-refractivity contribution in [2.24, 2.45) is 9.78 Å². The molecular weight excluding hydrogens is 376 g/mol. The highest BCUT2D eigenvalue weighted by atomic mass is 32.2. The van der Waals surface area contributed by atoms with E-state index in [1.54, 1.807) is 4.68 Å². The summed E-state index contributed by atoms with van der Waals surface area (Å²) in [4.78, 5) is 12.9. The number of nitrogens with one attached hydrogen (secondary N) is 1. The summed E-state index contributed by atoms with van der Waals surface area (Å²) < 4.78 is 24.0. The van der Waals surface area contributed by atoms with Gasteiger partial charge in [0.05, 0.1) is 13.2 Å². The predicted molar refractivity (Wildman–Crippen MR) is 105 cm³/mol. The van der Waals surface area contributed by atoms with E-state index >= 15 is 0 Å². The molecule has 8 heteroatoms. The van der Waals surface area contributed by atoms with Gasteiger partial charge in [0.1, 0.15) is 0 Å². The van der Waals surface area contributed by atoms with Gasteiger partial charge in [-0.25, -0.2) is 9.48 Å². The molecule has 1 aromatic heterocycles. The van der Waals surface area contributed by atoms with Crippen molar-refractivity contribution >= 4 is 22.3 Å². The molecule has 2 aliphatic carbocycles. The number of hydrogen-bond acceptors (Lipinski definition) is 5. The molecule has 148 valence electrons. The highest BCUT2D eigenvalue weighted by Gasteiger charge is 2.28. The zero-order valence-corrected chi connectivity index (χ0v) is 16.9. The van der Waals surface area contributed by atoms with Crippen LogP contribution >= 0.6 is 0 Å². The Bertz CT molecular complexity index is 1080. The number of amides is 2. The van der Waals surface area contributed by atoms with Crippen LogP contribution in [-0.2, 0) is 47.0 Å². The lowest BCUT2D eigenvalue weighted by molar-refractivity contribution is 0.0972. The fourth-order valence-electron chi connectivity index (χ4n) is 4.30. The molecule has 0 saturated heterocycles. The van der Waals surface area contributed by atoms with Crippen LogP contribution in [-0.4, -0.2) is 22.4 Å². The largest absolute Gasteiger partial charge is 0.478 e. The molecule has 2 heterocycles. The summed E-state index contributed by atoms with van der Waals surface area (Å²) in [5, 5.41) is 7.18. The number of anilines is 1. The highest BCUT2D eigenvalue weighted by molar-refractivity contribution is 7.75. The maximum absolute atomic E-state index is 12.7. The van der Waals surface area contributed by atoms with Crippen molar-refractivity contribution in [3.63, 3.8) is 0 Å². The van der Waals surface area contributed by atoms with Crippen LogP contribution in [0.2, 0.25) is 0 Å². The lowest BCUT2D eigenvalue weighted by atomic mass is 9.83. The number of rotatable bonds is 2. The van der Waals surface area contributed by atoms with Gasteiger partial charge in [0.2, 0.25) is 0 Å². The number of nitrogens with zero attached hydrogens (tertiary/aromatic N) is 3. The van der Waals surface area contributed by atoms with Gasteiger partial charge in [-0.15, -0.1) is 10.6 Å². The molecule has 0 radical (unpaired) electrons. The molecular formula is C20H23N4O3S-. The number of carbonyl (C=O) groups excluding carboxylic acids is 1. The van der Waals surface area contributed by atoms with Crippen molar-refractivity contribution in [2.75, 3.05) is 11.9 Å². The maximum atomic E-state index is 12.7. The Morgan fingerprint density at radius 3 is 2.82 bits per heavy atom. The van der Waals surface area contributed by atoms with Gasteiger partial charge in [-0.1, -0.05) is 19.9 Å². The third-order valence-corrected chi connectivity index (χ3v) is 6.76. The molecule has 0 unspecified atom stereocenters. The summed E-state index contributed by atoms with van der Waals surface area (Å²) >= 11 is 0. The standard InChI is InChI=1S/C20H23N4O3S/c1-20(2)10-24-18(27-11-20)16(9-21-24)28(26)23-19(25)22-17-14-5-3-4-12(14)8-13-6-7-15(13)17/h8-9H,3-7,10-11H2,1-2H3,(H,22,25)/q-1. The summed E-state index contributed by atoms with van der Waals surface area (Å²) in [5.74, 6) is 0.443. The van der Waals surface area contributed by atoms with Gasteiger partial charge < -0.3 is 18.6 Å². The molecule has 0 bridgehead atoms. The molecule has 1 aliphatic heterocycles. The predicted octanol–water partition coefficient (Wildman–Crippen LogP) is 3.63. The molecule has 7 nitrogen and oxygen atoms in total. The zero-order chi connectivity index (χ0) is 19.5. The SMILES string of the molecule is CC1(C)COc2c([S-](=O)=NC(=O)Nc3c4c(cc5c3CC5)CCC4)cnn2C1. The van der Waals surface area contributed by atoms with Crippen LogP contribution in [0.4, 0.5) is 10.5 Å². The molecule has 0 fully saturated rings. The number of carbonyl (C=O) groups is 1. The summed E-state index contributed by atoms with van der Waals surface area (Å²) in [6.07, 6.45) is 6.66. The molecule has 1 aromatic carbocycles. The zero-order valence-electron chi connectivity index (χ0n) is 16.1. The number of hydrogen-bond donors (Lipinski definition) is 1. The van der Waals surface area contributed by atoms with Gasteiger partial charge in [0.15, 0.2) is 5.88 Å². The molecule has 3 aliphatic rings. The average molecular weight is 399 g/mol. The first kappa shape index (κ1) is 17.7. The first-order valence-electron chi connectivity index (χ1n) is 9.71. The number of fused-ring (bicyclic) bond motifs is 3. The quantitative estimate of drug-likeness (QED) is 0.782. The average Bonchev–Trinajstić information content (AvgIpc) is 3.22. The van der Waals surface area contributed by atoms with Crippen molar-refractivity contribution in [3.8, 4) is 5.88 Å². The Morgan fingerprint density at radius 1 is 1.25 bits per heavy atom. The van der Waals surface area contributed by atoms with Gasteiger partial charge in [0, 0.05) is 17.3 Å². The summed E-state index contributed by atoms with van der Waals surface area (Å²) in [6, 6.07) is 1.70. The van der Waals surface area contributed by atoms with E-state index in [4.69, 9.17) is 4.74 Å². The number of ether oxygens (including phenoxy) is 1. The smallest absolute Gasteiger partial charge is 0.322 e. The van der Waals surface area contributed by atoms with E-state index in [1.807, 2.05) is 0 Å². The topological polar surface area (TPSA) is 85.6 Å². The molecule has 2 aromatic rings. The number of urea groups is 1. The Kier molecular flexibility index (Phi) is 4.01. The lowest BCUT2D eigenvalue weighted by Gasteiger charge is -2.31. The summed E-state index contributed by atoms with van der Waals surface area (Å²) in [6.45, 7) is 5.35. The number of aromatic nitrogens is 2. The van der Waals surface area contributed by atoms with Crippen LogP contribution in [0.1, 0.15) is 42.5 Å². The number of benzene rings is 1. The Balaban J connectivity index is 1.41. The van der Waals surface area contributed by atoms with Gasteiger partial charge in [-0.3, -0.25) is 0 Å². The molecule has 0 spiro atoms. The van der Waals surface area contributed by atoms with E-state index in [2.05, 4.69) is 34.7 Å². The normalized spacial score (nSPS) is 19.8. The monoisotopic (exact) mass is 399 g/mol. The first-order valence-corrected chi connectivity index (χ1v) is 10.8. The minimum Gasteiger partial charge on any atom is -0.478 e. The maximum Gasteiger partial charge on any atom is 0.322 e. The van der Waals surface area contributed by atoms with Crippen LogP contribution in [0.5, 0.6) is 5.88 Å². The van der Waals surface area contributed by atoms with Crippen LogP contribution in [0, 0.1) is 5.41 Å². The van der Waals surface area contributed by atoms with Gasteiger partial charge in [-0.2, -0.15) is 5.10 Å². The lowest BCUT2D eigenvalue weighted by Crippen LogP contribution is -2.33. The van der Waals surface area contributed by atoms with E-state index < -0.39 is 16.6 Å². The Labute approximate surface area is 165 Å². The summed E-state index contributed by atoms with van der Waals surface area (Å²) in [7, 11) is -1.86. The minimum absolute atomic E-state index is 0.0398. The van der Waals surface area contributed by atoms with Crippen LogP contribution in [0.3, 0.4) is 0 Å². The van der Waals surface area contributed by atoms with Crippen LogP contribution in [0.25, 0.3) is 0 Å². The molecule has 2 amide bonds. The third kappa shape index (κ3) is 2.90. The third-order valence-electron chi connectivity index (χ3n) is 5.77. The van der Waals surface area contributed by atoms with Crippen molar-refractivity contribution in [1.29, 1.82) is 0 Å². The van der Waals surface area contributed by atoms with Crippen molar-refractivity contribution in [3.05, 3.63) is 34.5 Å². The molecule has 5 rings (SSSR count). The second-order valence-corrected chi connectivity index (χ2v) is 9.70. The van der Waals surface area contributed by atoms with Crippen molar-refractivity contribution < 1.29 is 13.7 Å². The van der Waals surface area contributed by atoms with Gasteiger partial charge in [-0.05, 0) is 59.3 Å². The Morgan fingerprint density at radius 2 is 2.04 bits per heavy atom.